The van der Waals surface area contributed by atoms with Crippen molar-refractivity contribution >= 4 is 17.5 Å². The van der Waals surface area contributed by atoms with E-state index in [2.05, 4.69) is 10.6 Å². The first kappa shape index (κ1) is 14.1. The Morgan fingerprint density at radius 1 is 1.33 bits per heavy atom. The maximum Gasteiger partial charge on any atom is 0.313 e. The first-order valence-electron chi connectivity index (χ1n) is 5.55. The summed E-state index contributed by atoms with van der Waals surface area (Å²) in [6.45, 7) is 1.51. The fraction of sp³-hybridized carbons (Fsp3) is 0.333. The van der Waals surface area contributed by atoms with Crippen molar-refractivity contribution in [1.82, 2.24) is 5.32 Å². The summed E-state index contributed by atoms with van der Waals surface area (Å²) in [4.78, 5) is 22.9. The molecule has 0 heterocycles. The maximum absolute atomic E-state index is 13.2. The van der Waals surface area contributed by atoms with Crippen LogP contribution in [0.5, 0.6) is 0 Å². The molecule has 0 aliphatic carbocycles. The van der Waals surface area contributed by atoms with Gasteiger partial charge in [0.25, 0.3) is 0 Å². The number of aliphatic hydroxyl groups is 1. The van der Waals surface area contributed by atoms with Gasteiger partial charge in [-0.05, 0) is 18.6 Å². The number of rotatable bonds is 4. The molecule has 3 N–H and O–H groups in total. The average molecular weight is 254 g/mol. The predicted octanol–water partition coefficient (Wildman–Crippen LogP) is 0.651. The van der Waals surface area contributed by atoms with Gasteiger partial charge in [-0.25, -0.2) is 4.39 Å². The smallest absolute Gasteiger partial charge is 0.313 e. The molecule has 1 aromatic carbocycles. The van der Waals surface area contributed by atoms with Crippen LogP contribution < -0.4 is 10.6 Å². The van der Waals surface area contributed by atoms with E-state index in [-0.39, 0.29) is 12.3 Å². The largest absolute Gasteiger partial charge is 0.394 e. The second-order valence-corrected chi connectivity index (χ2v) is 3.70. The molecule has 98 valence electrons. The van der Waals surface area contributed by atoms with Gasteiger partial charge in [-0.1, -0.05) is 19.1 Å². The molecular formula is C12H15FN2O3. The van der Waals surface area contributed by atoms with Crippen molar-refractivity contribution in [2.75, 3.05) is 11.9 Å². The van der Waals surface area contributed by atoms with Crippen molar-refractivity contribution < 1.29 is 19.1 Å². The van der Waals surface area contributed by atoms with Crippen LogP contribution in [0.15, 0.2) is 24.3 Å². The Labute approximate surface area is 104 Å². The Morgan fingerprint density at radius 2 is 2.00 bits per heavy atom. The lowest BCUT2D eigenvalue weighted by Gasteiger charge is -2.13. The van der Waals surface area contributed by atoms with E-state index in [1.54, 1.807) is 13.0 Å². The zero-order valence-electron chi connectivity index (χ0n) is 9.94. The lowest BCUT2D eigenvalue weighted by molar-refractivity contribution is -0.136. The zero-order valence-corrected chi connectivity index (χ0v) is 9.94. The Kier molecular flexibility index (Phi) is 5.26. The lowest BCUT2D eigenvalue weighted by atomic mass is 10.2. The topological polar surface area (TPSA) is 78.4 Å². The van der Waals surface area contributed by atoms with E-state index in [1.807, 2.05) is 0 Å². The highest BCUT2D eigenvalue weighted by Gasteiger charge is 2.18. The third-order valence-corrected chi connectivity index (χ3v) is 2.38. The minimum absolute atomic E-state index is 0.0605. The second-order valence-electron chi connectivity index (χ2n) is 3.70. The van der Waals surface area contributed by atoms with Crippen LogP contribution in [0, 0.1) is 5.82 Å². The van der Waals surface area contributed by atoms with E-state index < -0.39 is 23.7 Å². The number of amides is 2. The molecular weight excluding hydrogens is 239 g/mol. The molecule has 5 nitrogen and oxygen atoms in total. The van der Waals surface area contributed by atoms with E-state index in [9.17, 15) is 14.0 Å². The van der Waals surface area contributed by atoms with Gasteiger partial charge >= 0.3 is 11.8 Å². The van der Waals surface area contributed by atoms with Crippen molar-refractivity contribution in [2.45, 2.75) is 19.4 Å². The number of para-hydroxylation sites is 1. The van der Waals surface area contributed by atoms with Gasteiger partial charge in [0, 0.05) is 0 Å². The lowest BCUT2D eigenvalue weighted by Crippen LogP contribution is -2.43. The SMILES string of the molecule is CC[C@H](CO)NC(=O)C(=O)Nc1ccccc1F. The number of nitrogens with one attached hydrogen (secondary N) is 2. The Balaban J connectivity index is 2.61. The standard InChI is InChI=1S/C12H15FN2O3/c1-2-8(7-16)14-11(17)12(18)15-10-6-4-3-5-9(10)13/h3-6,8,16H,2,7H2,1H3,(H,14,17)(H,15,18)/t8-/m1/s1. The molecule has 0 unspecified atom stereocenters. The molecule has 0 bridgehead atoms. The third kappa shape index (κ3) is 3.81. The highest BCUT2D eigenvalue weighted by molar-refractivity contribution is 6.39. The molecule has 1 atom stereocenters. The molecule has 0 aliphatic rings. The molecule has 0 radical (unpaired) electrons. The first-order valence-corrected chi connectivity index (χ1v) is 5.55. The van der Waals surface area contributed by atoms with Crippen molar-refractivity contribution in [3.8, 4) is 0 Å². The third-order valence-electron chi connectivity index (χ3n) is 2.38. The van der Waals surface area contributed by atoms with E-state index in [1.165, 1.54) is 18.2 Å². The summed E-state index contributed by atoms with van der Waals surface area (Å²) in [6.07, 6.45) is 0.495. The van der Waals surface area contributed by atoms with Crippen LogP contribution in [0.1, 0.15) is 13.3 Å². The molecule has 0 spiro atoms. The van der Waals surface area contributed by atoms with E-state index in [0.29, 0.717) is 6.42 Å². The predicted molar refractivity (Wildman–Crippen MR) is 64.3 cm³/mol. The Bertz CT molecular complexity index is 433. The normalized spacial score (nSPS) is 11.7. The molecule has 2 amide bonds. The average Bonchev–Trinajstić information content (AvgIpc) is 2.38. The quantitative estimate of drug-likeness (QED) is 0.690. The number of hydrogen-bond donors (Lipinski definition) is 3. The van der Waals surface area contributed by atoms with Crippen LogP contribution in [-0.2, 0) is 9.59 Å². The van der Waals surface area contributed by atoms with E-state index >= 15 is 0 Å². The van der Waals surface area contributed by atoms with Crippen molar-refractivity contribution in [2.24, 2.45) is 0 Å². The van der Waals surface area contributed by atoms with E-state index in [0.717, 1.165) is 0 Å². The Morgan fingerprint density at radius 3 is 2.56 bits per heavy atom. The number of carbonyl (C=O) groups excluding carboxylic acids is 2. The minimum Gasteiger partial charge on any atom is -0.394 e. The summed E-state index contributed by atoms with van der Waals surface area (Å²) in [6, 6.07) is 5.06. The van der Waals surface area contributed by atoms with Crippen LogP contribution in [-0.4, -0.2) is 29.6 Å². The van der Waals surface area contributed by atoms with Crippen LogP contribution >= 0.6 is 0 Å². The summed E-state index contributed by atoms with van der Waals surface area (Å²) >= 11 is 0. The fourth-order valence-corrected chi connectivity index (χ4v) is 1.27. The van der Waals surface area contributed by atoms with Crippen molar-refractivity contribution in [3.05, 3.63) is 30.1 Å². The molecule has 0 saturated carbocycles. The zero-order chi connectivity index (χ0) is 13.5. The molecule has 1 aromatic rings. The molecule has 6 heteroatoms. The van der Waals surface area contributed by atoms with Crippen LogP contribution in [0.2, 0.25) is 0 Å². The monoisotopic (exact) mass is 254 g/mol. The summed E-state index contributed by atoms with van der Waals surface area (Å²) in [7, 11) is 0. The minimum atomic E-state index is -0.966. The molecule has 0 aromatic heterocycles. The molecule has 0 saturated heterocycles. The highest BCUT2D eigenvalue weighted by Crippen LogP contribution is 2.11. The second kappa shape index (κ2) is 6.70. The molecule has 0 aliphatic heterocycles. The van der Waals surface area contributed by atoms with Gasteiger partial charge < -0.3 is 15.7 Å². The van der Waals surface area contributed by atoms with Crippen LogP contribution in [0.4, 0.5) is 10.1 Å². The number of anilines is 1. The van der Waals surface area contributed by atoms with Crippen LogP contribution in [0.3, 0.4) is 0 Å². The molecule has 0 fully saturated rings. The first-order chi connectivity index (χ1) is 8.58. The number of benzene rings is 1. The number of hydrogen-bond acceptors (Lipinski definition) is 3. The van der Waals surface area contributed by atoms with Gasteiger partial charge in [-0.2, -0.15) is 0 Å². The summed E-state index contributed by atoms with van der Waals surface area (Å²) in [5, 5.41) is 13.4. The summed E-state index contributed by atoms with van der Waals surface area (Å²) in [5.41, 5.74) is -0.0605. The summed E-state index contributed by atoms with van der Waals surface area (Å²) in [5.74, 6) is -2.49. The molecule has 1 rings (SSSR count). The van der Waals surface area contributed by atoms with Crippen molar-refractivity contribution in [3.63, 3.8) is 0 Å². The fourth-order valence-electron chi connectivity index (χ4n) is 1.27. The van der Waals surface area contributed by atoms with Gasteiger partial charge in [-0.3, -0.25) is 9.59 Å². The highest BCUT2D eigenvalue weighted by atomic mass is 19.1. The van der Waals surface area contributed by atoms with Gasteiger partial charge in [0.2, 0.25) is 0 Å². The molecule has 18 heavy (non-hydrogen) atoms. The van der Waals surface area contributed by atoms with Crippen LogP contribution in [0.25, 0.3) is 0 Å². The van der Waals surface area contributed by atoms with Gasteiger partial charge in [0.1, 0.15) is 5.82 Å². The Hall–Kier alpha value is -1.95. The van der Waals surface area contributed by atoms with Gasteiger partial charge in [0.15, 0.2) is 0 Å². The number of carbonyl (C=O) groups is 2. The number of halogens is 1. The van der Waals surface area contributed by atoms with Crippen molar-refractivity contribution in [1.29, 1.82) is 0 Å². The maximum atomic E-state index is 13.2. The van der Waals surface area contributed by atoms with Gasteiger partial charge in [-0.15, -0.1) is 0 Å². The van der Waals surface area contributed by atoms with Gasteiger partial charge in [0.05, 0.1) is 18.3 Å². The van der Waals surface area contributed by atoms with E-state index in [4.69, 9.17) is 5.11 Å². The number of aliphatic hydroxyl groups excluding tert-OH is 1. The summed E-state index contributed by atoms with van der Waals surface area (Å²) < 4.78 is 13.2.